The second-order valence-electron chi connectivity index (χ2n) is 15.2. The molecule has 14 heteroatoms. The van der Waals surface area contributed by atoms with Crippen LogP contribution >= 0.6 is 0 Å². The van der Waals surface area contributed by atoms with Crippen molar-refractivity contribution in [3.63, 3.8) is 0 Å². The lowest BCUT2D eigenvalue weighted by atomic mass is 9.55. The highest BCUT2D eigenvalue weighted by atomic mass is 16.7. The maximum atomic E-state index is 14.4. The number of benzene rings is 2. The van der Waals surface area contributed by atoms with Crippen LogP contribution in [0.5, 0.6) is 11.5 Å². The maximum absolute atomic E-state index is 14.4. The van der Waals surface area contributed by atoms with Gasteiger partial charge >= 0.3 is 12.2 Å². The summed E-state index contributed by atoms with van der Waals surface area (Å²) in [5, 5.41) is 36.8. The third kappa shape index (κ3) is 11.5. The van der Waals surface area contributed by atoms with Gasteiger partial charge in [-0.25, -0.2) is 9.59 Å². The second-order valence-corrected chi connectivity index (χ2v) is 15.2. The van der Waals surface area contributed by atoms with Gasteiger partial charge in [0, 0.05) is 44.2 Å². The lowest BCUT2D eigenvalue weighted by Gasteiger charge is -2.59. The molecule has 4 N–H and O–H groups in total. The highest BCUT2D eigenvalue weighted by Crippen LogP contribution is 2.62. The number of aliphatic hydroxyl groups excluding tert-OH is 3. The molecule has 14 nitrogen and oxygen atoms in total. The van der Waals surface area contributed by atoms with Gasteiger partial charge in [0.1, 0.15) is 24.1 Å². The molecule has 2 aromatic rings. The third-order valence-electron chi connectivity index (χ3n) is 11.3. The average Bonchev–Trinajstić information content (AvgIpc) is 3.25. The van der Waals surface area contributed by atoms with Crippen molar-refractivity contribution in [2.75, 3.05) is 59.3 Å². The van der Waals surface area contributed by atoms with E-state index in [9.17, 15) is 24.9 Å². The Bertz CT molecular complexity index is 1750. The van der Waals surface area contributed by atoms with Crippen molar-refractivity contribution in [3.05, 3.63) is 96.6 Å². The minimum absolute atomic E-state index is 0.00485. The van der Waals surface area contributed by atoms with Gasteiger partial charge in [-0.3, -0.25) is 4.90 Å². The minimum atomic E-state index is -1.53. The highest BCUT2D eigenvalue weighted by Gasteiger charge is 2.65. The van der Waals surface area contributed by atoms with Gasteiger partial charge in [0.15, 0.2) is 0 Å². The zero-order valence-corrected chi connectivity index (χ0v) is 34.9. The molecule has 0 radical (unpaired) electrons. The van der Waals surface area contributed by atoms with Crippen molar-refractivity contribution in [1.82, 2.24) is 10.2 Å². The summed E-state index contributed by atoms with van der Waals surface area (Å²) in [6, 6.07) is 14.2. The molecule has 1 heterocycles. The van der Waals surface area contributed by atoms with Gasteiger partial charge in [0.2, 0.25) is 5.79 Å². The number of amides is 2. The van der Waals surface area contributed by atoms with E-state index in [1.165, 1.54) is 0 Å². The molecule has 0 saturated heterocycles. The van der Waals surface area contributed by atoms with E-state index >= 15 is 0 Å². The number of carbonyl (C=O) groups is 2. The van der Waals surface area contributed by atoms with Crippen LogP contribution < -0.4 is 14.8 Å². The Morgan fingerprint density at radius 2 is 1.77 bits per heavy atom. The van der Waals surface area contributed by atoms with Crippen molar-refractivity contribution < 1.29 is 53.4 Å². The van der Waals surface area contributed by atoms with E-state index in [0.29, 0.717) is 43.0 Å². The number of allylic oxidation sites excluding steroid dienone is 1. The molecule has 6 atom stereocenters. The molecular formula is C46H63N3O11. The molecule has 1 fully saturated rings. The predicted molar refractivity (Wildman–Crippen MR) is 227 cm³/mol. The first kappa shape index (κ1) is 46.3. The molecule has 0 aromatic heterocycles. The summed E-state index contributed by atoms with van der Waals surface area (Å²) < 4.78 is 31.5. The van der Waals surface area contributed by atoms with E-state index in [1.807, 2.05) is 43.3 Å². The van der Waals surface area contributed by atoms with Gasteiger partial charge < -0.3 is 49.2 Å². The number of unbranched alkanes of at least 4 members (excludes halogenated alkanes) is 2. The lowest BCUT2D eigenvalue weighted by molar-refractivity contribution is -0.256. The quantitative estimate of drug-likeness (QED) is 0.0479. The summed E-state index contributed by atoms with van der Waals surface area (Å²) in [6.07, 6.45) is 9.26. The normalized spacial score (nSPS) is 23.3. The van der Waals surface area contributed by atoms with Gasteiger partial charge in [0.05, 0.1) is 44.7 Å². The van der Waals surface area contributed by atoms with Crippen molar-refractivity contribution in [2.45, 2.75) is 82.6 Å². The van der Waals surface area contributed by atoms with Crippen LogP contribution in [0.3, 0.4) is 0 Å². The predicted octanol–water partition coefficient (Wildman–Crippen LogP) is 6.65. The van der Waals surface area contributed by atoms with Gasteiger partial charge in [-0.15, -0.1) is 13.2 Å². The number of hydrogen-bond donors (Lipinski definition) is 4. The molecule has 328 valence electrons. The molecule has 3 aliphatic rings. The molecule has 0 bridgehead atoms. The molecule has 60 heavy (non-hydrogen) atoms. The van der Waals surface area contributed by atoms with E-state index in [2.05, 4.69) is 24.6 Å². The third-order valence-corrected chi connectivity index (χ3v) is 11.3. The Labute approximate surface area is 353 Å². The van der Waals surface area contributed by atoms with Crippen LogP contribution in [-0.4, -0.2) is 109 Å². The first-order chi connectivity index (χ1) is 29.3. The molecule has 1 saturated carbocycles. The second kappa shape index (κ2) is 23.9. The number of nitrogens with one attached hydrogen (secondary N) is 1. The van der Waals surface area contributed by atoms with Gasteiger partial charge in [-0.05, 0) is 80.2 Å². The molecule has 1 aliphatic heterocycles. The SMILES string of the molecule is C=CCCOC(=O)N(CCOCCO)C1CC(=NOCc2ccccc2)C2=CC(CCCCO)C(CCCCO)C3c4cc(OC(=O)NCC)ccc4OC1(OCC=C)C23. The summed E-state index contributed by atoms with van der Waals surface area (Å²) in [5.41, 5.74) is 3.22. The Morgan fingerprint density at radius 3 is 2.48 bits per heavy atom. The number of rotatable bonds is 25. The maximum Gasteiger partial charge on any atom is 0.412 e. The Hall–Kier alpha value is -4.73. The first-order valence-electron chi connectivity index (χ1n) is 21.3. The molecule has 5 rings (SSSR count). The molecule has 0 spiro atoms. The van der Waals surface area contributed by atoms with Crippen LogP contribution in [0.15, 0.2) is 90.6 Å². The number of fused-ring (bicyclic) bond motifs is 2. The number of ether oxygens (including phenoxy) is 5. The lowest BCUT2D eigenvalue weighted by Crippen LogP contribution is -2.70. The van der Waals surface area contributed by atoms with Crippen molar-refractivity contribution in [1.29, 1.82) is 0 Å². The number of hydrogen-bond acceptors (Lipinski definition) is 12. The standard InChI is InChI=1S/C46H63N3O11/c1-4-7-26-56-45(54)49(21-27-55-28-24-52)41-31-39(48-58-32-33-15-9-8-10-16-33)37-29-34(17-11-13-22-50)36(18-12-14-23-51)42-38-30-35(59-44(53)47-6-3)19-20-40(38)60-46(41,43(37)42)57-25-5-2/h4-5,8-10,15-16,19-20,29-30,34,36,41-43,50-52H,1-2,6-7,11-14,17-18,21-28,31-32H2,3H3,(H,47,53). The summed E-state index contributed by atoms with van der Waals surface area (Å²) >= 11 is 0. The summed E-state index contributed by atoms with van der Waals surface area (Å²) in [7, 11) is 0. The number of nitrogens with zero attached hydrogens (tertiary/aromatic N) is 2. The minimum Gasteiger partial charge on any atom is -0.459 e. The van der Waals surface area contributed by atoms with E-state index in [-0.39, 0.29) is 83.6 Å². The Balaban J connectivity index is 1.76. The number of carbonyl (C=O) groups excluding carboxylic acids is 2. The summed E-state index contributed by atoms with van der Waals surface area (Å²) in [5.74, 6) is -1.63. The Kier molecular flexibility index (Phi) is 18.5. The van der Waals surface area contributed by atoms with E-state index < -0.39 is 29.9 Å². The van der Waals surface area contributed by atoms with E-state index in [1.54, 1.807) is 29.2 Å². The van der Waals surface area contributed by atoms with Gasteiger partial charge in [0.25, 0.3) is 0 Å². The van der Waals surface area contributed by atoms with Crippen LogP contribution in [0.4, 0.5) is 9.59 Å². The van der Waals surface area contributed by atoms with Crippen LogP contribution in [0.25, 0.3) is 0 Å². The van der Waals surface area contributed by atoms with Gasteiger partial charge in [-0.2, -0.15) is 0 Å². The van der Waals surface area contributed by atoms with Gasteiger partial charge in [-0.1, -0.05) is 66.6 Å². The average molecular weight is 834 g/mol. The first-order valence-corrected chi connectivity index (χ1v) is 21.3. The molecule has 6 unspecified atom stereocenters. The number of oxime groups is 1. The van der Waals surface area contributed by atoms with Crippen molar-refractivity contribution in [3.8, 4) is 11.5 Å². The number of aliphatic hydroxyl groups is 3. The van der Waals surface area contributed by atoms with Crippen molar-refractivity contribution >= 4 is 17.9 Å². The van der Waals surface area contributed by atoms with Crippen LogP contribution in [0.2, 0.25) is 0 Å². The fraction of sp³-hybridized carbons (Fsp3) is 0.543. The monoisotopic (exact) mass is 833 g/mol. The largest absolute Gasteiger partial charge is 0.459 e. The zero-order valence-electron chi connectivity index (χ0n) is 34.9. The topological polar surface area (TPSA) is 178 Å². The molecule has 2 amide bonds. The van der Waals surface area contributed by atoms with E-state index in [4.69, 9.17) is 33.7 Å². The van der Waals surface area contributed by atoms with Crippen LogP contribution in [0, 0.1) is 17.8 Å². The highest BCUT2D eigenvalue weighted by molar-refractivity contribution is 6.03. The fourth-order valence-electron chi connectivity index (χ4n) is 8.77. The van der Waals surface area contributed by atoms with Crippen LogP contribution in [0.1, 0.15) is 75.3 Å². The fourth-order valence-corrected chi connectivity index (χ4v) is 8.77. The zero-order chi connectivity index (χ0) is 42.7. The molecule has 2 aromatic carbocycles. The molecular weight excluding hydrogens is 771 g/mol. The molecule has 2 aliphatic carbocycles. The summed E-state index contributed by atoms with van der Waals surface area (Å²) in [4.78, 5) is 34.8. The van der Waals surface area contributed by atoms with Crippen molar-refractivity contribution in [2.24, 2.45) is 22.9 Å². The smallest absolute Gasteiger partial charge is 0.412 e. The Morgan fingerprint density at radius 1 is 0.983 bits per heavy atom. The van der Waals surface area contributed by atoms with Crippen LogP contribution in [-0.2, 0) is 25.7 Å². The summed E-state index contributed by atoms with van der Waals surface area (Å²) in [6.45, 7) is 10.5. The van der Waals surface area contributed by atoms with E-state index in [0.717, 1.165) is 42.4 Å².